The molecule has 0 fully saturated rings. The predicted molar refractivity (Wildman–Crippen MR) is 86.9 cm³/mol. The minimum atomic E-state index is -3.45. The fraction of sp³-hybridized carbons (Fsp3) is 0.312. The molecule has 0 aliphatic heterocycles. The summed E-state index contributed by atoms with van der Waals surface area (Å²) in [5.74, 6) is 0.264. The van der Waals surface area contributed by atoms with Crippen LogP contribution in [0.3, 0.4) is 0 Å². The molecule has 23 heavy (non-hydrogen) atoms. The van der Waals surface area contributed by atoms with Crippen LogP contribution < -0.4 is 10.3 Å². The summed E-state index contributed by atoms with van der Waals surface area (Å²) < 4.78 is 33.4. The van der Waals surface area contributed by atoms with Gasteiger partial charge in [0.05, 0.1) is 12.9 Å². The van der Waals surface area contributed by atoms with Gasteiger partial charge in [-0.15, -0.1) is 0 Å². The molecule has 0 N–H and O–H groups in total. The van der Waals surface area contributed by atoms with Crippen molar-refractivity contribution in [2.75, 3.05) is 12.9 Å². The van der Waals surface area contributed by atoms with Gasteiger partial charge in [-0.3, -0.25) is 8.98 Å². The van der Waals surface area contributed by atoms with Crippen LogP contribution in [-0.2, 0) is 27.5 Å². The fourth-order valence-corrected chi connectivity index (χ4v) is 2.40. The number of aryl methyl sites for hydroxylation is 1. The Morgan fingerprint density at radius 3 is 2.52 bits per heavy atom. The standard InChI is InChI=1S/C16H19NO5S/c1-23(19,20)22-12-6-11-17-10-5-9-15(16(17)18)21-13-14-7-3-2-4-8-14/h2-5,7-10H,6,11-13H2,1H3. The molecule has 0 radical (unpaired) electrons. The normalized spacial score (nSPS) is 11.3. The monoisotopic (exact) mass is 337 g/mol. The first-order valence-electron chi connectivity index (χ1n) is 7.16. The van der Waals surface area contributed by atoms with E-state index in [4.69, 9.17) is 4.74 Å². The molecule has 6 nitrogen and oxygen atoms in total. The number of rotatable bonds is 8. The minimum absolute atomic E-state index is 0.0420. The van der Waals surface area contributed by atoms with Crippen molar-refractivity contribution in [2.45, 2.75) is 19.6 Å². The number of benzene rings is 1. The highest BCUT2D eigenvalue weighted by Gasteiger charge is 2.06. The van der Waals surface area contributed by atoms with Gasteiger partial charge in [0.2, 0.25) is 0 Å². The van der Waals surface area contributed by atoms with E-state index in [9.17, 15) is 13.2 Å². The lowest BCUT2D eigenvalue weighted by Gasteiger charge is -2.09. The second kappa shape index (κ2) is 7.94. The molecule has 124 valence electrons. The summed E-state index contributed by atoms with van der Waals surface area (Å²) >= 11 is 0. The van der Waals surface area contributed by atoms with Gasteiger partial charge in [-0.05, 0) is 24.1 Å². The van der Waals surface area contributed by atoms with Gasteiger partial charge in [-0.2, -0.15) is 8.42 Å². The summed E-state index contributed by atoms with van der Waals surface area (Å²) in [5.41, 5.74) is 0.728. The van der Waals surface area contributed by atoms with Crippen molar-refractivity contribution >= 4 is 10.1 Å². The Balaban J connectivity index is 1.94. The molecule has 2 rings (SSSR count). The summed E-state index contributed by atoms with van der Waals surface area (Å²) in [7, 11) is -3.45. The molecule has 0 amide bonds. The van der Waals surface area contributed by atoms with Crippen molar-refractivity contribution in [1.29, 1.82) is 0 Å². The number of hydrogen-bond donors (Lipinski definition) is 0. The molecule has 1 aromatic heterocycles. The second-order valence-corrected chi connectivity index (χ2v) is 6.67. The van der Waals surface area contributed by atoms with Crippen LogP contribution in [0.2, 0.25) is 0 Å². The molecule has 7 heteroatoms. The quantitative estimate of drug-likeness (QED) is 0.542. The van der Waals surface area contributed by atoms with Gasteiger partial charge in [-0.25, -0.2) is 0 Å². The molecule has 0 bridgehead atoms. The summed E-state index contributed by atoms with van der Waals surface area (Å²) in [4.78, 5) is 12.3. The van der Waals surface area contributed by atoms with Gasteiger partial charge in [0, 0.05) is 12.7 Å². The fourth-order valence-electron chi connectivity index (χ4n) is 1.98. The Bertz CT molecular complexity index is 784. The highest BCUT2D eigenvalue weighted by atomic mass is 32.2. The Kier molecular flexibility index (Phi) is 5.95. The zero-order valence-electron chi connectivity index (χ0n) is 12.8. The molecule has 0 atom stereocenters. The lowest BCUT2D eigenvalue weighted by Crippen LogP contribution is -2.22. The van der Waals surface area contributed by atoms with Crippen LogP contribution >= 0.6 is 0 Å². The van der Waals surface area contributed by atoms with E-state index in [1.807, 2.05) is 30.3 Å². The molecule has 0 unspecified atom stereocenters. The maximum absolute atomic E-state index is 12.3. The molecule has 2 aromatic rings. The number of nitrogens with zero attached hydrogens (tertiary/aromatic N) is 1. The third-order valence-corrected chi connectivity index (χ3v) is 3.66. The number of hydrogen-bond acceptors (Lipinski definition) is 5. The van der Waals surface area contributed by atoms with Crippen LogP contribution in [0.25, 0.3) is 0 Å². The van der Waals surface area contributed by atoms with Crippen molar-refractivity contribution < 1.29 is 17.3 Å². The molecule has 0 spiro atoms. The first-order chi connectivity index (χ1) is 11.0. The Morgan fingerprint density at radius 1 is 1.09 bits per heavy atom. The average Bonchev–Trinajstić information content (AvgIpc) is 2.52. The van der Waals surface area contributed by atoms with E-state index in [2.05, 4.69) is 4.18 Å². The van der Waals surface area contributed by atoms with E-state index in [1.165, 1.54) is 4.57 Å². The summed E-state index contributed by atoms with van der Waals surface area (Å²) in [6, 6.07) is 12.9. The van der Waals surface area contributed by atoms with Gasteiger partial charge in [0.15, 0.2) is 5.75 Å². The van der Waals surface area contributed by atoms with E-state index >= 15 is 0 Å². The van der Waals surface area contributed by atoms with Gasteiger partial charge >= 0.3 is 0 Å². The van der Waals surface area contributed by atoms with E-state index in [-0.39, 0.29) is 17.9 Å². The average molecular weight is 337 g/mol. The molecule has 0 saturated carbocycles. The highest BCUT2D eigenvalue weighted by Crippen LogP contribution is 2.07. The van der Waals surface area contributed by atoms with Crippen molar-refractivity contribution in [3.63, 3.8) is 0 Å². The first kappa shape index (κ1) is 17.2. The maximum atomic E-state index is 12.3. The van der Waals surface area contributed by atoms with Crippen LogP contribution in [0.15, 0.2) is 53.5 Å². The molecule has 0 aliphatic carbocycles. The van der Waals surface area contributed by atoms with Gasteiger partial charge in [0.25, 0.3) is 15.7 Å². The van der Waals surface area contributed by atoms with Crippen LogP contribution in [0, 0.1) is 0 Å². The van der Waals surface area contributed by atoms with E-state index in [1.54, 1.807) is 18.3 Å². The molecule has 0 aliphatic rings. The zero-order valence-corrected chi connectivity index (χ0v) is 13.7. The Morgan fingerprint density at radius 2 is 1.83 bits per heavy atom. The van der Waals surface area contributed by atoms with E-state index in [0.717, 1.165) is 11.8 Å². The Hall–Kier alpha value is -2.12. The Labute approximate surface area is 135 Å². The van der Waals surface area contributed by atoms with Gasteiger partial charge < -0.3 is 9.30 Å². The van der Waals surface area contributed by atoms with Crippen LogP contribution in [0.4, 0.5) is 0 Å². The van der Waals surface area contributed by atoms with Crippen LogP contribution in [0.1, 0.15) is 12.0 Å². The number of ether oxygens (including phenoxy) is 1. The van der Waals surface area contributed by atoms with E-state index < -0.39 is 10.1 Å². The van der Waals surface area contributed by atoms with Gasteiger partial charge in [-0.1, -0.05) is 30.3 Å². The number of aromatic nitrogens is 1. The molecular weight excluding hydrogens is 318 g/mol. The highest BCUT2D eigenvalue weighted by molar-refractivity contribution is 7.85. The SMILES string of the molecule is CS(=O)(=O)OCCCn1cccc(OCc2ccccc2)c1=O. The van der Waals surface area contributed by atoms with E-state index in [0.29, 0.717) is 19.6 Å². The molecular formula is C16H19NO5S. The van der Waals surface area contributed by atoms with Crippen LogP contribution in [-0.4, -0.2) is 25.8 Å². The molecule has 1 heterocycles. The summed E-state index contributed by atoms with van der Waals surface area (Å²) in [6.45, 7) is 0.717. The third kappa shape index (κ3) is 5.88. The second-order valence-electron chi connectivity index (χ2n) is 5.02. The minimum Gasteiger partial charge on any atom is -0.483 e. The van der Waals surface area contributed by atoms with Crippen molar-refractivity contribution in [1.82, 2.24) is 4.57 Å². The zero-order chi connectivity index (χ0) is 16.7. The predicted octanol–water partition coefficient (Wildman–Crippen LogP) is 1.79. The molecule has 0 saturated heterocycles. The van der Waals surface area contributed by atoms with Crippen molar-refractivity contribution in [3.8, 4) is 5.75 Å². The lowest BCUT2D eigenvalue weighted by molar-refractivity contribution is 0.292. The number of pyridine rings is 1. The smallest absolute Gasteiger partial charge is 0.292 e. The first-order valence-corrected chi connectivity index (χ1v) is 8.98. The lowest BCUT2D eigenvalue weighted by atomic mass is 10.2. The van der Waals surface area contributed by atoms with Gasteiger partial charge in [0.1, 0.15) is 6.61 Å². The third-order valence-electron chi connectivity index (χ3n) is 3.06. The topological polar surface area (TPSA) is 74.6 Å². The van der Waals surface area contributed by atoms with Crippen molar-refractivity contribution in [2.24, 2.45) is 0 Å². The van der Waals surface area contributed by atoms with Crippen molar-refractivity contribution in [3.05, 3.63) is 64.6 Å². The summed E-state index contributed by atoms with van der Waals surface area (Å²) in [6.07, 6.45) is 3.05. The van der Waals surface area contributed by atoms with Crippen LogP contribution in [0.5, 0.6) is 5.75 Å². The largest absolute Gasteiger partial charge is 0.483 e. The summed E-state index contributed by atoms with van der Waals surface area (Å²) in [5, 5.41) is 0. The maximum Gasteiger partial charge on any atom is 0.292 e. The molecule has 1 aromatic carbocycles.